The van der Waals surface area contributed by atoms with Crippen LogP contribution in [0.2, 0.25) is 0 Å². The summed E-state index contributed by atoms with van der Waals surface area (Å²) in [7, 11) is 1.62. The number of anilines is 1. The predicted octanol–water partition coefficient (Wildman–Crippen LogP) is 5.27. The Morgan fingerprint density at radius 1 is 1.06 bits per heavy atom. The van der Waals surface area contributed by atoms with E-state index in [1.807, 2.05) is 59.3 Å². The minimum Gasteiger partial charge on any atom is -0.497 e. The molecule has 3 aromatic rings. The van der Waals surface area contributed by atoms with Crippen molar-refractivity contribution in [2.75, 3.05) is 12.4 Å². The molecule has 0 radical (unpaired) electrons. The Bertz CT molecular complexity index is 1220. The predicted molar refractivity (Wildman–Crippen MR) is 127 cm³/mol. The quantitative estimate of drug-likeness (QED) is 0.559. The Kier molecular flexibility index (Phi) is 4.92. The number of para-hydroxylation sites is 1. The molecule has 1 aliphatic heterocycles. The third-order valence-electron chi connectivity index (χ3n) is 6.92. The second kappa shape index (κ2) is 7.58. The first-order valence-corrected chi connectivity index (χ1v) is 11.4. The zero-order valence-electron chi connectivity index (χ0n) is 19.5. The minimum atomic E-state index is -1.12. The van der Waals surface area contributed by atoms with Crippen LogP contribution in [0.5, 0.6) is 5.75 Å². The van der Waals surface area contributed by atoms with Gasteiger partial charge in [-0.15, -0.1) is 0 Å². The second-order valence-electron chi connectivity index (χ2n) is 10.00. The van der Waals surface area contributed by atoms with Gasteiger partial charge in [0.05, 0.1) is 30.1 Å². The van der Waals surface area contributed by atoms with Crippen LogP contribution in [0.15, 0.2) is 54.6 Å². The van der Waals surface area contributed by atoms with E-state index in [0.717, 1.165) is 17.0 Å². The third kappa shape index (κ3) is 3.19. The molecule has 1 fully saturated rings. The monoisotopic (exact) mass is 443 g/mol. The number of aromatic nitrogens is 2. The van der Waals surface area contributed by atoms with Gasteiger partial charge in [-0.1, -0.05) is 51.1 Å². The summed E-state index contributed by atoms with van der Waals surface area (Å²) < 4.78 is 7.14. The van der Waals surface area contributed by atoms with E-state index in [2.05, 4.69) is 26.1 Å². The van der Waals surface area contributed by atoms with Gasteiger partial charge in [-0.2, -0.15) is 5.10 Å². The number of ketones is 2. The Labute approximate surface area is 194 Å². The van der Waals surface area contributed by atoms with E-state index in [0.29, 0.717) is 36.3 Å². The average Bonchev–Trinajstić information content (AvgIpc) is 3.39. The van der Waals surface area contributed by atoms with E-state index >= 15 is 0 Å². The van der Waals surface area contributed by atoms with Gasteiger partial charge >= 0.3 is 0 Å². The molecule has 1 spiro atoms. The number of Topliss-reactive ketones (excluding diaryl/α,β-unsaturated/α-hetero) is 2. The summed E-state index contributed by atoms with van der Waals surface area (Å²) >= 11 is 0. The molecular formula is C27H29N3O3. The van der Waals surface area contributed by atoms with Gasteiger partial charge in [0.25, 0.3) is 0 Å². The molecule has 1 saturated carbocycles. The number of hydrogen-bond donors (Lipinski definition) is 1. The normalized spacial score (nSPS) is 22.4. The van der Waals surface area contributed by atoms with E-state index in [-0.39, 0.29) is 17.0 Å². The first-order chi connectivity index (χ1) is 15.8. The van der Waals surface area contributed by atoms with Crippen LogP contribution in [0.3, 0.4) is 0 Å². The molecule has 2 aromatic carbocycles. The fourth-order valence-electron chi connectivity index (χ4n) is 5.26. The molecule has 6 heteroatoms. The Balaban J connectivity index is 1.76. The number of methoxy groups -OCH3 is 1. The van der Waals surface area contributed by atoms with E-state index in [1.54, 1.807) is 7.11 Å². The lowest BCUT2D eigenvalue weighted by Crippen LogP contribution is -2.48. The number of nitrogens with zero attached hydrogens (tertiary/aromatic N) is 2. The summed E-state index contributed by atoms with van der Waals surface area (Å²) in [4.78, 5) is 27.7. The summed E-state index contributed by atoms with van der Waals surface area (Å²) in [6, 6.07) is 17.0. The summed E-state index contributed by atoms with van der Waals surface area (Å²) in [5.41, 5.74) is 1.54. The highest BCUT2D eigenvalue weighted by Gasteiger charge is 2.59. The highest BCUT2D eigenvalue weighted by molar-refractivity contribution is 6.20. The Morgan fingerprint density at radius 3 is 2.33 bits per heavy atom. The van der Waals surface area contributed by atoms with Gasteiger partial charge in [-0.25, -0.2) is 4.68 Å². The number of nitrogens with one attached hydrogen (secondary N) is 1. The zero-order chi connectivity index (χ0) is 23.4. The van der Waals surface area contributed by atoms with Gasteiger partial charge in [-0.05, 0) is 42.7 Å². The maximum absolute atomic E-state index is 14.3. The molecule has 0 unspecified atom stereocenters. The number of rotatable bonds is 3. The summed E-state index contributed by atoms with van der Waals surface area (Å²) in [5, 5.41) is 8.54. The van der Waals surface area contributed by atoms with Crippen LogP contribution >= 0.6 is 0 Å². The summed E-state index contributed by atoms with van der Waals surface area (Å²) in [6.07, 6.45) is 1.67. The summed E-state index contributed by atoms with van der Waals surface area (Å²) in [6.45, 7) is 6.16. The number of carbonyl (C=O) groups excluding carboxylic acids is 2. The molecule has 2 atom stereocenters. The SMILES string of the molecule is COc1ccc([C@H]2Nc3c(c(C(C)(C)C)nn3-c3ccccc3)C(=O)[C@]23CCCC3=O)cc1. The standard InChI is InChI=1S/C27H29N3O3/c1-26(2,3)23-21-24(32)27(16-8-11-20(27)31)22(17-12-14-19(33-4)15-13-17)28-25(21)30(29-23)18-9-6-5-7-10-18/h5-7,9-10,12-15,22,28H,8,11,16H2,1-4H3/t22-,27+/m1/s1. The van der Waals surface area contributed by atoms with Crippen molar-refractivity contribution in [3.05, 3.63) is 71.4 Å². The number of fused-ring (bicyclic) bond motifs is 1. The highest BCUT2D eigenvalue weighted by Crippen LogP contribution is 2.54. The van der Waals surface area contributed by atoms with Crippen LogP contribution in [-0.4, -0.2) is 28.5 Å². The number of ether oxygens (including phenoxy) is 1. The minimum absolute atomic E-state index is 0.0128. The molecule has 2 heterocycles. The fourth-order valence-corrected chi connectivity index (χ4v) is 5.26. The molecule has 5 rings (SSSR count). The fraction of sp³-hybridized carbons (Fsp3) is 0.370. The lowest BCUT2D eigenvalue weighted by molar-refractivity contribution is -0.124. The Morgan fingerprint density at radius 2 is 1.76 bits per heavy atom. The first-order valence-electron chi connectivity index (χ1n) is 11.4. The molecule has 6 nitrogen and oxygen atoms in total. The van der Waals surface area contributed by atoms with Crippen molar-refractivity contribution in [3.8, 4) is 11.4 Å². The van der Waals surface area contributed by atoms with Crippen molar-refractivity contribution in [2.45, 2.75) is 51.5 Å². The molecule has 1 N–H and O–H groups in total. The smallest absolute Gasteiger partial charge is 0.184 e. The molecule has 0 saturated heterocycles. The molecule has 2 aliphatic rings. The van der Waals surface area contributed by atoms with Crippen LogP contribution in [-0.2, 0) is 10.2 Å². The summed E-state index contributed by atoms with van der Waals surface area (Å²) in [5.74, 6) is 1.30. The molecular weight excluding hydrogens is 414 g/mol. The largest absolute Gasteiger partial charge is 0.497 e. The van der Waals surface area contributed by atoms with Crippen molar-refractivity contribution >= 4 is 17.4 Å². The van der Waals surface area contributed by atoms with Crippen molar-refractivity contribution in [1.82, 2.24) is 9.78 Å². The van der Waals surface area contributed by atoms with Crippen LogP contribution < -0.4 is 10.1 Å². The lowest BCUT2D eigenvalue weighted by atomic mass is 9.66. The van der Waals surface area contributed by atoms with E-state index in [4.69, 9.17) is 9.84 Å². The van der Waals surface area contributed by atoms with Crippen molar-refractivity contribution < 1.29 is 14.3 Å². The molecule has 1 aromatic heterocycles. The molecule has 0 bridgehead atoms. The zero-order valence-corrected chi connectivity index (χ0v) is 19.5. The number of hydrogen-bond acceptors (Lipinski definition) is 5. The molecule has 170 valence electrons. The number of carbonyl (C=O) groups is 2. The van der Waals surface area contributed by atoms with Crippen molar-refractivity contribution in [1.29, 1.82) is 0 Å². The van der Waals surface area contributed by atoms with Gasteiger partial charge in [0.1, 0.15) is 22.8 Å². The van der Waals surface area contributed by atoms with Crippen molar-refractivity contribution in [3.63, 3.8) is 0 Å². The van der Waals surface area contributed by atoms with Crippen LogP contribution in [0.1, 0.15) is 67.7 Å². The van der Waals surface area contributed by atoms with Gasteiger partial charge in [-0.3, -0.25) is 9.59 Å². The molecule has 33 heavy (non-hydrogen) atoms. The van der Waals surface area contributed by atoms with Gasteiger partial charge in [0.15, 0.2) is 5.78 Å². The average molecular weight is 444 g/mol. The van der Waals surface area contributed by atoms with E-state index < -0.39 is 11.5 Å². The van der Waals surface area contributed by atoms with Crippen LogP contribution in [0.25, 0.3) is 5.69 Å². The second-order valence-corrected chi connectivity index (χ2v) is 10.00. The topological polar surface area (TPSA) is 73.2 Å². The van der Waals surface area contributed by atoms with Gasteiger partial charge in [0.2, 0.25) is 0 Å². The lowest BCUT2D eigenvalue weighted by Gasteiger charge is -2.40. The molecule has 1 aliphatic carbocycles. The number of benzene rings is 2. The van der Waals surface area contributed by atoms with E-state index in [9.17, 15) is 9.59 Å². The highest BCUT2D eigenvalue weighted by atomic mass is 16.5. The van der Waals surface area contributed by atoms with Gasteiger partial charge < -0.3 is 10.1 Å². The van der Waals surface area contributed by atoms with Gasteiger partial charge in [0, 0.05) is 11.8 Å². The van der Waals surface area contributed by atoms with Crippen LogP contribution in [0, 0.1) is 5.41 Å². The van der Waals surface area contributed by atoms with Crippen LogP contribution in [0.4, 0.5) is 5.82 Å². The maximum atomic E-state index is 14.3. The molecule has 0 amide bonds. The van der Waals surface area contributed by atoms with E-state index in [1.165, 1.54) is 0 Å². The van der Waals surface area contributed by atoms with Crippen molar-refractivity contribution in [2.24, 2.45) is 5.41 Å². The first kappa shape index (κ1) is 21.4. The Hall–Kier alpha value is -3.41. The third-order valence-corrected chi connectivity index (χ3v) is 6.92. The maximum Gasteiger partial charge on any atom is 0.184 e.